The highest BCUT2D eigenvalue weighted by atomic mass is 19.1. The Balaban J connectivity index is 1.67. The van der Waals surface area contributed by atoms with E-state index in [-0.39, 0.29) is 23.3 Å². The fourth-order valence-corrected chi connectivity index (χ4v) is 3.08. The minimum atomic E-state index is -0.371. The third-order valence-corrected chi connectivity index (χ3v) is 4.18. The molecule has 1 aromatic carbocycles. The van der Waals surface area contributed by atoms with Crippen molar-refractivity contribution in [3.63, 3.8) is 0 Å². The van der Waals surface area contributed by atoms with Crippen LogP contribution in [0.25, 0.3) is 0 Å². The number of amides is 1. The number of carbonyl (C=O) groups is 1. The first-order chi connectivity index (χ1) is 9.27. The van der Waals surface area contributed by atoms with Crippen LogP contribution in [0.4, 0.5) is 10.1 Å². The van der Waals surface area contributed by atoms with Crippen LogP contribution in [-0.4, -0.2) is 5.91 Å². The van der Waals surface area contributed by atoms with Crippen LogP contribution in [0.2, 0.25) is 0 Å². The highest BCUT2D eigenvalue weighted by Crippen LogP contribution is 2.51. The summed E-state index contributed by atoms with van der Waals surface area (Å²) in [5.41, 5.74) is 0.288. The molecule has 100 valence electrons. The van der Waals surface area contributed by atoms with Gasteiger partial charge in [-0.15, -0.1) is 0 Å². The Bertz CT molecular complexity index is 511. The summed E-state index contributed by atoms with van der Waals surface area (Å²) in [5, 5.41) is 2.72. The Kier molecular flexibility index (Phi) is 3.36. The van der Waals surface area contributed by atoms with Crippen molar-refractivity contribution in [1.82, 2.24) is 0 Å². The predicted molar refractivity (Wildman–Crippen MR) is 73.1 cm³/mol. The number of para-hydroxylation sites is 1. The van der Waals surface area contributed by atoms with Crippen LogP contribution in [0, 0.1) is 23.6 Å². The van der Waals surface area contributed by atoms with Crippen LogP contribution < -0.4 is 5.32 Å². The van der Waals surface area contributed by atoms with Crippen LogP contribution >= 0.6 is 0 Å². The van der Waals surface area contributed by atoms with Gasteiger partial charge in [-0.25, -0.2) is 4.39 Å². The van der Waals surface area contributed by atoms with Crippen molar-refractivity contribution >= 4 is 11.6 Å². The monoisotopic (exact) mass is 259 g/mol. The number of hydrogen-bond donors (Lipinski definition) is 1. The standard InChI is InChI=1S/C16H18FNO/c17-13-9-5-6-10-14(13)18-16(19)15-11-7-3-1-2-4-8-12(11)15/h3,5-7,9-12,15H,1-2,4,8H2,(H,18,19)/t11-,12-,15+/m0/s1. The maximum Gasteiger partial charge on any atom is 0.228 e. The molecule has 0 bridgehead atoms. The third-order valence-electron chi connectivity index (χ3n) is 4.18. The first-order valence-electron chi connectivity index (χ1n) is 6.99. The molecule has 0 aliphatic heterocycles. The number of benzene rings is 1. The number of halogens is 1. The molecule has 3 atom stereocenters. The van der Waals surface area contributed by atoms with Gasteiger partial charge in [-0.05, 0) is 43.2 Å². The SMILES string of the molecule is O=C(Nc1ccccc1F)[C@@H]1[C@H]2C=CCCCC[C@@H]21. The second kappa shape index (κ2) is 5.16. The molecule has 3 rings (SSSR count). The molecule has 0 saturated heterocycles. The van der Waals surface area contributed by atoms with Crippen molar-refractivity contribution in [3.05, 3.63) is 42.2 Å². The molecule has 1 aromatic rings. The average molecular weight is 259 g/mol. The van der Waals surface area contributed by atoms with Gasteiger partial charge in [0.2, 0.25) is 5.91 Å². The van der Waals surface area contributed by atoms with E-state index in [1.165, 1.54) is 18.9 Å². The Hall–Kier alpha value is -1.64. The van der Waals surface area contributed by atoms with Gasteiger partial charge in [0, 0.05) is 5.92 Å². The van der Waals surface area contributed by atoms with Crippen molar-refractivity contribution in [3.8, 4) is 0 Å². The summed E-state index contributed by atoms with van der Waals surface area (Å²) in [6, 6.07) is 6.33. The molecule has 2 aliphatic rings. The van der Waals surface area contributed by atoms with Gasteiger partial charge >= 0.3 is 0 Å². The molecule has 0 spiro atoms. The van der Waals surface area contributed by atoms with Gasteiger partial charge in [0.15, 0.2) is 0 Å². The van der Waals surface area contributed by atoms with Gasteiger partial charge in [-0.3, -0.25) is 4.79 Å². The minimum Gasteiger partial charge on any atom is -0.323 e. The summed E-state index contributed by atoms with van der Waals surface area (Å²) >= 11 is 0. The van der Waals surface area contributed by atoms with Crippen molar-refractivity contribution < 1.29 is 9.18 Å². The van der Waals surface area contributed by atoms with E-state index in [4.69, 9.17) is 0 Å². The Morgan fingerprint density at radius 2 is 2.11 bits per heavy atom. The highest BCUT2D eigenvalue weighted by Gasteiger charge is 2.52. The maximum absolute atomic E-state index is 13.5. The van der Waals surface area contributed by atoms with Gasteiger partial charge < -0.3 is 5.32 Å². The number of allylic oxidation sites excluding steroid dienone is 2. The highest BCUT2D eigenvalue weighted by molar-refractivity contribution is 5.95. The van der Waals surface area contributed by atoms with E-state index in [1.54, 1.807) is 18.2 Å². The van der Waals surface area contributed by atoms with E-state index in [0.29, 0.717) is 11.8 Å². The first kappa shape index (κ1) is 12.4. The fraction of sp³-hybridized carbons (Fsp3) is 0.438. The molecule has 0 unspecified atom stereocenters. The summed E-state index contributed by atoms with van der Waals surface area (Å²) in [6.45, 7) is 0. The zero-order valence-corrected chi connectivity index (χ0v) is 10.8. The fourth-order valence-electron chi connectivity index (χ4n) is 3.08. The summed E-state index contributed by atoms with van der Waals surface area (Å²) in [5.74, 6) is 0.459. The van der Waals surface area contributed by atoms with E-state index in [1.807, 2.05) is 0 Å². The topological polar surface area (TPSA) is 29.1 Å². The lowest BCUT2D eigenvalue weighted by Crippen LogP contribution is -2.16. The third kappa shape index (κ3) is 2.55. The number of nitrogens with one attached hydrogen (secondary N) is 1. The van der Waals surface area contributed by atoms with Crippen LogP contribution in [-0.2, 0) is 4.79 Å². The number of rotatable bonds is 2. The van der Waals surface area contributed by atoms with Gasteiger partial charge in [0.1, 0.15) is 5.82 Å². The van der Waals surface area contributed by atoms with E-state index in [9.17, 15) is 9.18 Å². The molecule has 0 radical (unpaired) electrons. The predicted octanol–water partition coefficient (Wildman–Crippen LogP) is 3.76. The van der Waals surface area contributed by atoms with Gasteiger partial charge in [0.05, 0.1) is 5.69 Å². The van der Waals surface area contributed by atoms with Gasteiger partial charge in [-0.2, -0.15) is 0 Å². The van der Waals surface area contributed by atoms with Crippen LogP contribution in [0.3, 0.4) is 0 Å². The van der Waals surface area contributed by atoms with E-state index in [2.05, 4.69) is 17.5 Å². The lowest BCUT2D eigenvalue weighted by molar-refractivity contribution is -0.117. The Morgan fingerprint density at radius 1 is 1.26 bits per heavy atom. The summed E-state index contributed by atoms with van der Waals surface area (Å²) in [4.78, 5) is 12.2. The molecule has 19 heavy (non-hydrogen) atoms. The molecule has 1 fully saturated rings. The largest absolute Gasteiger partial charge is 0.323 e. The number of fused-ring (bicyclic) bond motifs is 1. The molecule has 0 aromatic heterocycles. The lowest BCUT2D eigenvalue weighted by atomic mass is 10.1. The molecule has 2 nitrogen and oxygen atoms in total. The molecule has 1 N–H and O–H groups in total. The van der Waals surface area contributed by atoms with Crippen LogP contribution in [0.5, 0.6) is 0 Å². The molecule has 1 saturated carbocycles. The van der Waals surface area contributed by atoms with Crippen molar-refractivity contribution in [1.29, 1.82) is 0 Å². The van der Waals surface area contributed by atoms with E-state index in [0.717, 1.165) is 12.8 Å². The smallest absolute Gasteiger partial charge is 0.228 e. The zero-order chi connectivity index (χ0) is 13.2. The minimum absolute atomic E-state index is 0.0355. The van der Waals surface area contributed by atoms with Crippen molar-refractivity contribution in [2.75, 3.05) is 5.32 Å². The Labute approximate surface area is 112 Å². The second-order valence-electron chi connectivity index (χ2n) is 5.45. The molecule has 0 heterocycles. The number of carbonyl (C=O) groups excluding carboxylic acids is 1. The number of hydrogen-bond acceptors (Lipinski definition) is 1. The normalized spacial score (nSPS) is 29.0. The van der Waals surface area contributed by atoms with Crippen LogP contribution in [0.15, 0.2) is 36.4 Å². The van der Waals surface area contributed by atoms with Crippen molar-refractivity contribution in [2.24, 2.45) is 17.8 Å². The van der Waals surface area contributed by atoms with Crippen molar-refractivity contribution in [2.45, 2.75) is 25.7 Å². The maximum atomic E-state index is 13.5. The van der Waals surface area contributed by atoms with Gasteiger partial charge in [0.25, 0.3) is 0 Å². The van der Waals surface area contributed by atoms with E-state index < -0.39 is 0 Å². The zero-order valence-electron chi connectivity index (χ0n) is 10.8. The van der Waals surface area contributed by atoms with E-state index >= 15 is 0 Å². The quantitative estimate of drug-likeness (QED) is 0.805. The Morgan fingerprint density at radius 3 is 2.95 bits per heavy atom. The van der Waals surface area contributed by atoms with Crippen LogP contribution in [0.1, 0.15) is 25.7 Å². The molecular formula is C16H18FNO. The second-order valence-corrected chi connectivity index (χ2v) is 5.45. The van der Waals surface area contributed by atoms with Gasteiger partial charge in [-0.1, -0.05) is 30.7 Å². The number of anilines is 1. The molecule has 3 heteroatoms. The first-order valence-corrected chi connectivity index (χ1v) is 6.99. The summed E-state index contributed by atoms with van der Waals surface area (Å²) in [6.07, 6.45) is 8.99. The molecule has 2 aliphatic carbocycles. The molecular weight excluding hydrogens is 241 g/mol. The average Bonchev–Trinajstić information content (AvgIpc) is 3.03. The summed E-state index contributed by atoms with van der Waals surface area (Å²) < 4.78 is 13.5. The lowest BCUT2D eigenvalue weighted by Gasteiger charge is -2.05. The molecule has 1 amide bonds. The summed E-state index contributed by atoms with van der Waals surface area (Å²) in [7, 11) is 0.